The second-order valence-electron chi connectivity index (χ2n) is 15.4. The summed E-state index contributed by atoms with van der Waals surface area (Å²) in [6, 6.07) is 72.7. The maximum absolute atomic E-state index is 5.44. The lowest BCUT2D eigenvalue weighted by Crippen LogP contribution is -1.98. The number of benzene rings is 9. The van der Waals surface area contributed by atoms with E-state index in [9.17, 15) is 0 Å². The van der Waals surface area contributed by atoms with Crippen molar-refractivity contribution in [1.29, 1.82) is 0 Å². The van der Waals surface area contributed by atoms with Crippen LogP contribution in [0.2, 0.25) is 0 Å². The van der Waals surface area contributed by atoms with Crippen LogP contribution < -0.4 is 0 Å². The number of rotatable bonds is 6. The van der Waals surface area contributed by atoms with Gasteiger partial charge in [0.15, 0.2) is 11.6 Å². The van der Waals surface area contributed by atoms with Gasteiger partial charge in [-0.25, -0.2) is 19.9 Å². The molecule has 3 aromatic heterocycles. The highest BCUT2D eigenvalue weighted by Crippen LogP contribution is 2.42. The predicted octanol–water partition coefficient (Wildman–Crippen LogP) is 15.1. The first kappa shape index (κ1) is 35.1. The molecule has 0 bridgehead atoms. The molecule has 0 N–H and O–H groups in total. The topological polar surface area (TPSA) is 51.6 Å². The lowest BCUT2D eigenvalue weighted by Gasteiger charge is -2.15. The first-order valence-electron chi connectivity index (χ1n) is 20.5. The van der Waals surface area contributed by atoms with Crippen molar-refractivity contribution in [2.45, 2.75) is 0 Å². The van der Waals surface area contributed by atoms with E-state index in [0.29, 0.717) is 11.6 Å². The van der Waals surface area contributed by atoms with Gasteiger partial charge in [-0.2, -0.15) is 0 Å². The van der Waals surface area contributed by atoms with Crippen molar-refractivity contribution in [3.63, 3.8) is 0 Å². The molecule has 0 aliphatic carbocycles. The van der Waals surface area contributed by atoms with Gasteiger partial charge >= 0.3 is 0 Å². The van der Waals surface area contributed by atoms with E-state index >= 15 is 0 Å². The lowest BCUT2D eigenvalue weighted by atomic mass is 9.91. The molecule has 0 atom stereocenters. The van der Waals surface area contributed by atoms with Crippen LogP contribution in [0.5, 0.6) is 0 Å². The molecule has 4 nitrogen and oxygen atoms in total. The van der Waals surface area contributed by atoms with Gasteiger partial charge in [0, 0.05) is 43.3 Å². The van der Waals surface area contributed by atoms with E-state index in [1.807, 2.05) is 18.2 Å². The molecule has 5 heteroatoms. The average Bonchev–Trinajstić information content (AvgIpc) is 3.73. The van der Waals surface area contributed by atoms with Gasteiger partial charge in [0.2, 0.25) is 0 Å². The van der Waals surface area contributed by atoms with Crippen LogP contribution in [0.4, 0.5) is 0 Å². The number of fused-ring (bicyclic) bond motifs is 9. The van der Waals surface area contributed by atoms with E-state index < -0.39 is 0 Å². The summed E-state index contributed by atoms with van der Waals surface area (Å²) in [6.07, 6.45) is 0. The Balaban J connectivity index is 1.14. The van der Waals surface area contributed by atoms with Crippen molar-refractivity contribution in [3.05, 3.63) is 206 Å². The second kappa shape index (κ2) is 14.5. The Morgan fingerprint density at radius 3 is 1.33 bits per heavy atom. The molecule has 284 valence electrons. The SMILES string of the molecule is c1ccc(-c2cc(-c3ccccc3)nc(-c3cc(-c4ccc5c6ccccc6c6ccccc6c5c4)cc(-c4nc(-c5ccccc5)c5c(n4)sc4ccccc45)c3)n2)cc1. The summed E-state index contributed by atoms with van der Waals surface area (Å²) in [4.78, 5) is 22.3. The molecule has 12 rings (SSSR count). The fraction of sp³-hybridized carbons (Fsp3) is 0. The van der Waals surface area contributed by atoms with E-state index in [0.717, 1.165) is 71.6 Å². The third-order valence-corrected chi connectivity index (χ3v) is 12.7. The van der Waals surface area contributed by atoms with Gasteiger partial charge in [0.05, 0.1) is 17.1 Å². The quantitative estimate of drug-likeness (QED) is 0.157. The molecule has 61 heavy (non-hydrogen) atoms. The zero-order valence-electron chi connectivity index (χ0n) is 32.8. The molecule has 0 amide bonds. The molecule has 0 aliphatic rings. The molecule has 0 aliphatic heterocycles. The minimum absolute atomic E-state index is 0.631. The van der Waals surface area contributed by atoms with Crippen LogP contribution in [0.25, 0.3) is 120 Å². The van der Waals surface area contributed by atoms with Crippen molar-refractivity contribution in [3.8, 4) is 67.7 Å². The fourth-order valence-corrected chi connectivity index (χ4v) is 9.86. The van der Waals surface area contributed by atoms with E-state index in [4.69, 9.17) is 19.9 Å². The number of hydrogen-bond donors (Lipinski definition) is 0. The van der Waals surface area contributed by atoms with Crippen LogP contribution in [0, 0.1) is 0 Å². The van der Waals surface area contributed by atoms with Gasteiger partial charge in [0.25, 0.3) is 0 Å². The summed E-state index contributed by atoms with van der Waals surface area (Å²) >= 11 is 1.71. The van der Waals surface area contributed by atoms with Crippen molar-refractivity contribution >= 4 is 64.0 Å². The molecule has 0 unspecified atom stereocenters. The number of nitrogens with zero attached hydrogens (tertiary/aromatic N) is 4. The Morgan fingerprint density at radius 2 is 0.738 bits per heavy atom. The summed E-state index contributed by atoms with van der Waals surface area (Å²) in [6.45, 7) is 0. The predicted molar refractivity (Wildman–Crippen MR) is 256 cm³/mol. The second-order valence-corrected chi connectivity index (χ2v) is 16.4. The van der Waals surface area contributed by atoms with Crippen LogP contribution in [-0.4, -0.2) is 19.9 Å². The van der Waals surface area contributed by atoms with Crippen LogP contribution >= 0.6 is 11.3 Å². The summed E-state index contributed by atoms with van der Waals surface area (Å²) in [7, 11) is 0. The van der Waals surface area contributed by atoms with Crippen LogP contribution in [0.15, 0.2) is 206 Å². The molecular weight excluding hydrogens is 761 g/mol. The molecule has 0 saturated heterocycles. The largest absolute Gasteiger partial charge is 0.228 e. The third kappa shape index (κ3) is 6.14. The van der Waals surface area contributed by atoms with Crippen molar-refractivity contribution in [2.24, 2.45) is 0 Å². The molecule has 3 heterocycles. The molecule has 0 radical (unpaired) electrons. The Bertz CT molecular complexity index is 3550. The van der Waals surface area contributed by atoms with Gasteiger partial charge in [-0.3, -0.25) is 0 Å². The lowest BCUT2D eigenvalue weighted by molar-refractivity contribution is 1.18. The standard InChI is InChI=1S/C56H34N4S/c1-4-16-35(17-5-1)49-34-50(36-18-6-2-7-19-36)58-54(57-49)40-30-39(38-28-29-46-44-24-11-10-22-42(44)43-23-12-13-25-45(43)48(46)33-38)31-41(32-40)55-59-53(37-20-8-3-9-21-37)52-47-26-14-15-27-51(47)61-56(52)60-55/h1-34H. The smallest absolute Gasteiger partial charge is 0.161 e. The highest BCUT2D eigenvalue weighted by molar-refractivity contribution is 7.25. The van der Waals surface area contributed by atoms with Gasteiger partial charge in [0.1, 0.15) is 4.83 Å². The summed E-state index contributed by atoms with van der Waals surface area (Å²) in [5.74, 6) is 1.28. The first-order chi connectivity index (χ1) is 30.2. The molecular formula is C56H34N4S. The third-order valence-electron chi connectivity index (χ3n) is 11.7. The van der Waals surface area contributed by atoms with Crippen molar-refractivity contribution in [1.82, 2.24) is 19.9 Å². The Morgan fingerprint density at radius 1 is 0.279 bits per heavy atom. The van der Waals surface area contributed by atoms with Crippen molar-refractivity contribution in [2.75, 3.05) is 0 Å². The first-order valence-corrected chi connectivity index (χ1v) is 21.3. The Kier molecular flexibility index (Phi) is 8.32. The summed E-state index contributed by atoms with van der Waals surface area (Å²) in [5, 5.41) is 9.66. The fourth-order valence-electron chi connectivity index (χ4n) is 8.79. The van der Waals surface area contributed by atoms with Crippen molar-refractivity contribution < 1.29 is 0 Å². The van der Waals surface area contributed by atoms with Gasteiger partial charge in [-0.15, -0.1) is 11.3 Å². The average molecular weight is 795 g/mol. The number of aromatic nitrogens is 4. The maximum atomic E-state index is 5.44. The molecule has 0 saturated carbocycles. The highest BCUT2D eigenvalue weighted by Gasteiger charge is 2.20. The van der Waals surface area contributed by atoms with E-state index in [2.05, 4.69) is 188 Å². The number of hydrogen-bond acceptors (Lipinski definition) is 5. The van der Waals surface area contributed by atoms with Crippen LogP contribution in [0.1, 0.15) is 0 Å². The molecule has 12 aromatic rings. The van der Waals surface area contributed by atoms with Crippen LogP contribution in [0.3, 0.4) is 0 Å². The molecule has 9 aromatic carbocycles. The van der Waals surface area contributed by atoms with Crippen LogP contribution in [-0.2, 0) is 0 Å². The summed E-state index contributed by atoms with van der Waals surface area (Å²) in [5.41, 5.74) is 9.63. The Labute approximate surface area is 356 Å². The van der Waals surface area contributed by atoms with E-state index in [1.54, 1.807) is 11.3 Å². The normalized spacial score (nSPS) is 11.6. The van der Waals surface area contributed by atoms with Gasteiger partial charge in [-0.1, -0.05) is 170 Å². The minimum atomic E-state index is 0.631. The maximum Gasteiger partial charge on any atom is 0.161 e. The van der Waals surface area contributed by atoms with Gasteiger partial charge in [-0.05, 0) is 79.8 Å². The zero-order chi connectivity index (χ0) is 40.3. The highest BCUT2D eigenvalue weighted by atomic mass is 32.1. The zero-order valence-corrected chi connectivity index (χ0v) is 33.6. The molecule has 0 spiro atoms. The summed E-state index contributed by atoms with van der Waals surface area (Å²) < 4.78 is 1.19. The Hall–Kier alpha value is -7.86. The monoisotopic (exact) mass is 794 g/mol. The van der Waals surface area contributed by atoms with Gasteiger partial charge < -0.3 is 0 Å². The van der Waals surface area contributed by atoms with E-state index in [1.165, 1.54) is 37.0 Å². The molecule has 0 fully saturated rings. The van der Waals surface area contributed by atoms with E-state index in [-0.39, 0.29) is 0 Å². The number of thiophene rings is 1. The minimum Gasteiger partial charge on any atom is -0.228 e.